The van der Waals surface area contributed by atoms with Crippen LogP contribution in [0.15, 0.2) is 30.5 Å². The Balaban J connectivity index is 2.09. The minimum absolute atomic E-state index is 0.173. The predicted molar refractivity (Wildman–Crippen MR) is 75.0 cm³/mol. The zero-order valence-corrected chi connectivity index (χ0v) is 11.8. The molecule has 2 rings (SSSR count). The van der Waals surface area contributed by atoms with Crippen LogP contribution in [-0.2, 0) is 13.7 Å². The first kappa shape index (κ1) is 14.1. The number of ether oxygens (including phenoxy) is 1. The summed E-state index contributed by atoms with van der Waals surface area (Å²) in [6.07, 6.45) is 1.34. The second kappa shape index (κ2) is 5.77. The lowest BCUT2D eigenvalue weighted by molar-refractivity contribution is 0.0693. The topological polar surface area (TPSA) is 64.3 Å². The number of aryl methyl sites for hydroxylation is 1. The average Bonchev–Trinajstić information content (AvgIpc) is 2.78. The molecule has 0 aliphatic carbocycles. The number of carboxylic acids is 1. The van der Waals surface area contributed by atoms with E-state index in [9.17, 15) is 4.79 Å². The summed E-state index contributed by atoms with van der Waals surface area (Å²) in [4.78, 5) is 11.1. The van der Waals surface area contributed by atoms with Gasteiger partial charge in [-0.25, -0.2) is 4.79 Å². The minimum atomic E-state index is -0.994. The number of hydrogen-bond acceptors (Lipinski definition) is 3. The van der Waals surface area contributed by atoms with Gasteiger partial charge >= 0.3 is 5.97 Å². The molecular formula is C15H18N2O3. The fraction of sp³-hybridized carbons (Fsp3) is 0.333. The Kier molecular flexibility index (Phi) is 4.08. The molecule has 0 fully saturated rings. The van der Waals surface area contributed by atoms with Gasteiger partial charge in [-0.1, -0.05) is 26.0 Å². The Hall–Kier alpha value is -2.30. The van der Waals surface area contributed by atoms with E-state index in [1.54, 1.807) is 7.05 Å². The lowest BCUT2D eigenvalue weighted by atomic mass is 10.0. The summed E-state index contributed by atoms with van der Waals surface area (Å²) in [5, 5.41) is 13.0. The third-order valence-corrected chi connectivity index (χ3v) is 3.21. The minimum Gasteiger partial charge on any atom is -0.487 e. The van der Waals surface area contributed by atoms with E-state index < -0.39 is 5.97 Å². The van der Waals surface area contributed by atoms with Gasteiger partial charge in [-0.3, -0.25) is 4.68 Å². The van der Waals surface area contributed by atoms with Crippen molar-refractivity contribution in [2.24, 2.45) is 7.05 Å². The van der Waals surface area contributed by atoms with Gasteiger partial charge in [-0.05, 0) is 23.6 Å². The third kappa shape index (κ3) is 2.99. The van der Waals surface area contributed by atoms with Crippen LogP contribution in [0.4, 0.5) is 0 Å². The summed E-state index contributed by atoms with van der Waals surface area (Å²) in [5.41, 5.74) is 1.96. The first-order chi connectivity index (χ1) is 9.49. The van der Waals surface area contributed by atoms with Crippen LogP contribution in [-0.4, -0.2) is 20.9 Å². The number of benzene rings is 1. The van der Waals surface area contributed by atoms with Gasteiger partial charge < -0.3 is 9.84 Å². The fourth-order valence-corrected chi connectivity index (χ4v) is 1.91. The molecule has 1 aromatic heterocycles. The monoisotopic (exact) mass is 274 g/mol. The summed E-state index contributed by atoms with van der Waals surface area (Å²) in [7, 11) is 1.70. The third-order valence-electron chi connectivity index (χ3n) is 3.21. The maximum absolute atomic E-state index is 11.1. The van der Waals surface area contributed by atoms with E-state index in [1.807, 2.05) is 24.3 Å². The van der Waals surface area contributed by atoms with Crippen molar-refractivity contribution >= 4 is 5.97 Å². The van der Waals surface area contributed by atoms with Crippen LogP contribution >= 0.6 is 0 Å². The maximum Gasteiger partial charge on any atom is 0.339 e. The van der Waals surface area contributed by atoms with Crippen molar-refractivity contribution < 1.29 is 14.6 Å². The number of aromatic nitrogens is 2. The maximum atomic E-state index is 11.1. The molecule has 1 N–H and O–H groups in total. The van der Waals surface area contributed by atoms with E-state index in [2.05, 4.69) is 18.9 Å². The number of carboxylic acid groups (broad SMARTS) is 1. The zero-order chi connectivity index (χ0) is 14.7. The molecule has 1 heterocycles. The normalized spacial score (nSPS) is 10.8. The molecule has 0 unspecified atom stereocenters. The predicted octanol–water partition coefficient (Wildman–Crippen LogP) is 2.82. The van der Waals surface area contributed by atoms with Crippen molar-refractivity contribution in [3.05, 3.63) is 47.3 Å². The number of carbonyl (C=O) groups is 1. The molecule has 106 valence electrons. The van der Waals surface area contributed by atoms with E-state index in [0.29, 0.717) is 17.4 Å². The second-order valence-corrected chi connectivity index (χ2v) is 4.95. The highest BCUT2D eigenvalue weighted by Crippen LogP contribution is 2.20. The molecule has 0 aliphatic rings. The Bertz CT molecular complexity index is 600. The van der Waals surface area contributed by atoms with Crippen LogP contribution in [0.25, 0.3) is 0 Å². The van der Waals surface area contributed by atoms with Gasteiger partial charge in [0.25, 0.3) is 0 Å². The van der Waals surface area contributed by atoms with Crippen molar-refractivity contribution in [1.29, 1.82) is 0 Å². The van der Waals surface area contributed by atoms with Gasteiger partial charge in [0.15, 0.2) is 0 Å². The second-order valence-electron chi connectivity index (χ2n) is 4.95. The average molecular weight is 274 g/mol. The van der Waals surface area contributed by atoms with Gasteiger partial charge in [-0.2, -0.15) is 5.10 Å². The summed E-state index contributed by atoms with van der Waals surface area (Å²) in [6.45, 7) is 4.44. The Morgan fingerprint density at radius 2 is 2.00 bits per heavy atom. The van der Waals surface area contributed by atoms with Crippen LogP contribution in [0.2, 0.25) is 0 Å². The molecule has 0 spiro atoms. The van der Waals surface area contributed by atoms with Gasteiger partial charge in [0.2, 0.25) is 0 Å². The Morgan fingerprint density at radius 3 is 2.55 bits per heavy atom. The molecule has 0 atom stereocenters. The summed E-state index contributed by atoms with van der Waals surface area (Å²) in [5.74, 6) is 0.193. The molecular weight excluding hydrogens is 256 g/mol. The number of nitrogens with zero attached hydrogens (tertiary/aromatic N) is 2. The summed E-state index contributed by atoms with van der Waals surface area (Å²) >= 11 is 0. The van der Waals surface area contributed by atoms with Crippen molar-refractivity contribution in [3.8, 4) is 5.75 Å². The van der Waals surface area contributed by atoms with E-state index >= 15 is 0 Å². The molecule has 1 aromatic carbocycles. The molecule has 5 heteroatoms. The van der Waals surface area contributed by atoms with Crippen LogP contribution < -0.4 is 4.74 Å². The van der Waals surface area contributed by atoms with Crippen molar-refractivity contribution in [3.63, 3.8) is 0 Å². The standard InChI is InChI=1S/C15H18N2O3/c1-10(2)11-4-6-12(7-5-11)20-9-14-13(15(18)19)8-16-17(14)3/h4-8,10H,9H2,1-3H3,(H,18,19). The van der Waals surface area contributed by atoms with Crippen molar-refractivity contribution in [1.82, 2.24) is 9.78 Å². The van der Waals surface area contributed by atoms with Crippen molar-refractivity contribution in [2.45, 2.75) is 26.4 Å². The van der Waals surface area contributed by atoms with Crippen LogP contribution in [0.1, 0.15) is 41.4 Å². The molecule has 0 radical (unpaired) electrons. The molecule has 20 heavy (non-hydrogen) atoms. The molecule has 0 saturated heterocycles. The summed E-state index contributed by atoms with van der Waals surface area (Å²) in [6, 6.07) is 7.82. The van der Waals surface area contributed by atoms with Crippen molar-refractivity contribution in [2.75, 3.05) is 0 Å². The molecule has 0 aliphatic heterocycles. The van der Waals surface area contributed by atoms with E-state index in [4.69, 9.17) is 9.84 Å². The summed E-state index contributed by atoms with van der Waals surface area (Å²) < 4.78 is 7.15. The number of rotatable bonds is 5. The molecule has 0 amide bonds. The van der Waals surface area contributed by atoms with Gasteiger partial charge in [0.1, 0.15) is 17.9 Å². The van der Waals surface area contributed by atoms with Gasteiger partial charge in [0.05, 0.1) is 11.9 Å². The molecule has 5 nitrogen and oxygen atoms in total. The van der Waals surface area contributed by atoms with Gasteiger partial charge in [-0.15, -0.1) is 0 Å². The van der Waals surface area contributed by atoms with Crippen LogP contribution in [0, 0.1) is 0 Å². The lowest BCUT2D eigenvalue weighted by Gasteiger charge is -2.09. The lowest BCUT2D eigenvalue weighted by Crippen LogP contribution is -2.08. The highest BCUT2D eigenvalue weighted by atomic mass is 16.5. The van der Waals surface area contributed by atoms with E-state index in [1.165, 1.54) is 16.4 Å². The van der Waals surface area contributed by atoms with Crippen LogP contribution in [0.5, 0.6) is 5.75 Å². The van der Waals surface area contributed by atoms with Gasteiger partial charge in [0, 0.05) is 7.05 Å². The Morgan fingerprint density at radius 1 is 1.35 bits per heavy atom. The van der Waals surface area contributed by atoms with E-state index in [-0.39, 0.29) is 12.2 Å². The molecule has 0 bridgehead atoms. The SMILES string of the molecule is CC(C)c1ccc(OCc2c(C(=O)O)cnn2C)cc1. The largest absolute Gasteiger partial charge is 0.487 e. The smallest absolute Gasteiger partial charge is 0.339 e. The number of hydrogen-bond donors (Lipinski definition) is 1. The van der Waals surface area contributed by atoms with E-state index in [0.717, 1.165) is 0 Å². The first-order valence-electron chi connectivity index (χ1n) is 6.46. The number of aromatic carboxylic acids is 1. The fourth-order valence-electron chi connectivity index (χ4n) is 1.91. The quantitative estimate of drug-likeness (QED) is 0.910. The molecule has 2 aromatic rings. The first-order valence-corrected chi connectivity index (χ1v) is 6.46. The molecule has 0 saturated carbocycles. The Labute approximate surface area is 117 Å². The highest BCUT2D eigenvalue weighted by Gasteiger charge is 2.15. The highest BCUT2D eigenvalue weighted by molar-refractivity contribution is 5.88. The van der Waals surface area contributed by atoms with Crippen LogP contribution in [0.3, 0.4) is 0 Å². The zero-order valence-electron chi connectivity index (χ0n) is 11.8.